The van der Waals surface area contributed by atoms with E-state index in [4.69, 9.17) is 27.1 Å². The van der Waals surface area contributed by atoms with Crippen LogP contribution in [0.1, 0.15) is 603 Å². The molecule has 0 aliphatic rings. The van der Waals surface area contributed by atoms with Gasteiger partial charge in [-0.15, -0.1) is 0 Å². The van der Waals surface area contributed by atoms with Gasteiger partial charge in [0.05, 0.1) is 55.6 Å². The van der Waals surface area contributed by atoms with Gasteiger partial charge in [0, 0.05) is 5.92 Å². The maximum atomic E-state index is 16.5. The molecule has 9 nitrogen and oxygen atoms in total. The number of hydrogen-bond donors (Lipinski definition) is 0. The quantitative estimate of drug-likeness (QED) is 0.0403. The van der Waals surface area contributed by atoms with E-state index in [0.717, 1.165) is 149 Å². The van der Waals surface area contributed by atoms with Crippen molar-refractivity contribution < 1.29 is 40.8 Å². The molecule has 0 heterocycles. The molecule has 0 N–H and O–H groups in total. The molecule has 740 valence electrons. The summed E-state index contributed by atoms with van der Waals surface area (Å²) in [6, 6.07) is 13.8. The van der Waals surface area contributed by atoms with Crippen molar-refractivity contribution in [1.29, 1.82) is 0 Å². The molecular formula is C115H211O9P3. The third-order valence-corrected chi connectivity index (χ3v) is 33.4. The highest BCUT2D eigenvalue weighted by atomic mass is 31.2. The summed E-state index contributed by atoms with van der Waals surface area (Å²) in [5.41, 5.74) is 8.36. The lowest BCUT2D eigenvalue weighted by atomic mass is 9.74. The van der Waals surface area contributed by atoms with E-state index in [1.165, 1.54) is 325 Å². The van der Waals surface area contributed by atoms with E-state index in [-0.39, 0.29) is 11.8 Å². The molecule has 0 aliphatic heterocycles. The minimum atomic E-state index is -3.90. The van der Waals surface area contributed by atoms with Gasteiger partial charge in [0.2, 0.25) is 0 Å². The van der Waals surface area contributed by atoms with Crippen molar-refractivity contribution in [3.05, 3.63) is 86.5 Å². The molecule has 0 bridgehead atoms. The van der Waals surface area contributed by atoms with E-state index in [9.17, 15) is 0 Å². The van der Waals surface area contributed by atoms with E-state index in [2.05, 4.69) is 168 Å². The van der Waals surface area contributed by atoms with Gasteiger partial charge in [0.1, 0.15) is 0 Å². The van der Waals surface area contributed by atoms with Crippen LogP contribution in [-0.4, -0.2) is 39.6 Å². The minimum Gasteiger partial charge on any atom is -0.305 e. The van der Waals surface area contributed by atoms with E-state index in [0.29, 0.717) is 62.0 Å². The monoisotopic (exact) mass is 1830 g/mol. The zero-order chi connectivity index (χ0) is 93.2. The van der Waals surface area contributed by atoms with Crippen LogP contribution in [0.2, 0.25) is 0 Å². The molecule has 0 saturated carbocycles. The standard InChI is InChI=1S/C115H211O9P3/c1-20-26-32-38-44-50-56-62-68-74-80-86-119-125(116,120-87-81-75-69-63-57-51-45-39-33-27-21-2)110-93-100(8)103(96-107(110)113(11,12)13)99(7)92-106(104-97-108(114(14,15)16)111(94-101(104)9)126(117,121-88-82-76-70-64-58-52-46-40-34-28-22-3)122-89-83-77-71-65-59-53-47-41-35-29-23-4)105-98-109(115(17,18)19)112(95-102(105)10)127(118,123-90-84-78-72-66-60-54-48-42-36-30-24-5)124-91-85-79-73-67-61-55-49-43-37-31-25-6/h93-99,106H,20-92H2,1-19H3. The first-order chi connectivity index (χ1) is 61.1. The van der Waals surface area contributed by atoms with Crippen LogP contribution in [0.3, 0.4) is 0 Å². The lowest BCUT2D eigenvalue weighted by Gasteiger charge is -2.34. The van der Waals surface area contributed by atoms with Crippen molar-refractivity contribution in [3.63, 3.8) is 0 Å². The van der Waals surface area contributed by atoms with Gasteiger partial charge in [0.15, 0.2) is 0 Å². The highest BCUT2D eigenvalue weighted by molar-refractivity contribution is 7.63. The highest BCUT2D eigenvalue weighted by Gasteiger charge is 2.41. The molecule has 0 saturated heterocycles. The van der Waals surface area contributed by atoms with Crippen LogP contribution in [0.15, 0.2) is 36.4 Å². The fraction of sp³-hybridized carbons (Fsp3) is 0.843. The number of unbranched alkanes of at least 4 members (excludes halogenated alkanes) is 60. The van der Waals surface area contributed by atoms with Crippen molar-refractivity contribution in [3.8, 4) is 0 Å². The van der Waals surface area contributed by atoms with Gasteiger partial charge in [0.25, 0.3) is 0 Å². The summed E-state index contributed by atoms with van der Waals surface area (Å²) < 4.78 is 90.6. The van der Waals surface area contributed by atoms with Gasteiger partial charge < -0.3 is 27.1 Å². The molecule has 127 heavy (non-hydrogen) atoms. The molecule has 0 fully saturated rings. The highest BCUT2D eigenvalue weighted by Crippen LogP contribution is 2.55. The summed E-state index contributed by atoms with van der Waals surface area (Å²) >= 11 is 0. The maximum absolute atomic E-state index is 16.5. The Labute approximate surface area is 790 Å². The zero-order valence-electron chi connectivity index (χ0n) is 87.8. The molecule has 3 aromatic carbocycles. The molecule has 0 radical (unpaired) electrons. The van der Waals surface area contributed by atoms with Gasteiger partial charge in [-0.25, -0.2) is 0 Å². The van der Waals surface area contributed by atoms with Gasteiger partial charge >= 0.3 is 22.8 Å². The lowest BCUT2D eigenvalue weighted by Crippen LogP contribution is -2.28. The summed E-state index contributed by atoms with van der Waals surface area (Å²) in [6.07, 6.45) is 81.7. The third-order valence-electron chi connectivity index (χ3n) is 27.4. The van der Waals surface area contributed by atoms with Crippen molar-refractivity contribution in [2.24, 2.45) is 0 Å². The van der Waals surface area contributed by atoms with Crippen molar-refractivity contribution >= 4 is 38.7 Å². The summed E-state index contributed by atoms with van der Waals surface area (Å²) in [5, 5.41) is 2.09. The number of rotatable bonds is 86. The van der Waals surface area contributed by atoms with Crippen LogP contribution in [0.4, 0.5) is 0 Å². The average molecular weight is 1830 g/mol. The topological polar surface area (TPSA) is 107 Å². The molecule has 3 aromatic rings. The molecule has 0 spiro atoms. The smallest absolute Gasteiger partial charge is 0.305 e. The largest absolute Gasteiger partial charge is 0.361 e. The summed E-state index contributed by atoms with van der Waals surface area (Å²) in [4.78, 5) is 0. The summed E-state index contributed by atoms with van der Waals surface area (Å²) in [5.74, 6) is -0.221. The first-order valence-electron chi connectivity index (χ1n) is 55.3. The Bertz CT molecular complexity index is 3080. The second-order valence-corrected chi connectivity index (χ2v) is 48.8. The minimum absolute atomic E-state index is 0.0212. The normalized spacial score (nSPS) is 12.9. The van der Waals surface area contributed by atoms with Gasteiger partial charge in [-0.05, 0) is 156 Å². The van der Waals surface area contributed by atoms with Crippen LogP contribution >= 0.6 is 22.8 Å². The second kappa shape index (κ2) is 72.5. The van der Waals surface area contributed by atoms with E-state index in [1.807, 2.05) is 0 Å². The molecule has 0 aromatic heterocycles. The van der Waals surface area contributed by atoms with Crippen LogP contribution in [0.25, 0.3) is 0 Å². The van der Waals surface area contributed by atoms with Gasteiger partial charge in [-0.2, -0.15) is 0 Å². The molecule has 0 amide bonds. The molecule has 1 unspecified atom stereocenters. The van der Waals surface area contributed by atoms with Crippen LogP contribution < -0.4 is 15.9 Å². The summed E-state index contributed by atoms with van der Waals surface area (Å²) in [6.45, 7) is 45.6. The Balaban J connectivity index is 2.38. The van der Waals surface area contributed by atoms with Crippen LogP contribution in [-0.2, 0) is 57.1 Å². The SMILES string of the molecule is CCCCCCCCCCCCCOP(=O)(OCCCCCCCCCCCCC)c1cc(C)c(C(C)CC(c2cc(C(C)(C)C)c(P(=O)(OCCCCCCCCCCCCC)OCCCCCCCCCCCCC)cc2C)c2cc(C(C)(C)C)c(P(=O)(OCCCCCCCCCCCCC)OCCCCCCCCCCCCC)cc2C)cc1C(C)(C)C. The van der Waals surface area contributed by atoms with Crippen LogP contribution in [0, 0.1) is 20.8 Å². The van der Waals surface area contributed by atoms with E-state index in [1.54, 1.807) is 0 Å². The zero-order valence-corrected chi connectivity index (χ0v) is 90.4. The molecule has 0 aliphatic carbocycles. The Kier molecular flexibility index (Phi) is 68.1. The average Bonchev–Trinajstić information content (AvgIpc) is 0.749. The van der Waals surface area contributed by atoms with Crippen molar-refractivity contribution in [2.75, 3.05) is 39.6 Å². The molecule has 12 heteroatoms. The van der Waals surface area contributed by atoms with E-state index >= 15 is 13.7 Å². The van der Waals surface area contributed by atoms with Crippen molar-refractivity contribution in [1.82, 2.24) is 0 Å². The lowest BCUT2D eigenvalue weighted by molar-refractivity contribution is 0.205. The fourth-order valence-electron chi connectivity index (χ4n) is 19.0. The first-order valence-corrected chi connectivity index (χ1v) is 59.9. The first kappa shape index (κ1) is 119. The second-order valence-electron chi connectivity index (χ2n) is 42.8. The predicted octanol–water partition coefficient (Wildman–Crippen LogP) is 39.3. The van der Waals surface area contributed by atoms with Crippen molar-refractivity contribution in [2.45, 2.75) is 590 Å². The number of hydrogen-bond acceptors (Lipinski definition) is 9. The summed E-state index contributed by atoms with van der Waals surface area (Å²) in [7, 11) is -11.6. The van der Waals surface area contributed by atoms with Gasteiger partial charge in [-0.3, -0.25) is 13.7 Å². The maximum Gasteiger partial charge on any atom is 0.361 e. The number of benzene rings is 3. The van der Waals surface area contributed by atoms with E-state index < -0.39 is 39.0 Å². The van der Waals surface area contributed by atoms with Gasteiger partial charge in [-0.1, -0.05) is 514 Å². The Hall–Kier alpha value is -1.89. The Morgan fingerprint density at radius 2 is 0.362 bits per heavy atom. The fourth-order valence-corrected chi connectivity index (χ4v) is 25.4. The third kappa shape index (κ3) is 52.3. The van der Waals surface area contributed by atoms with Crippen LogP contribution in [0.5, 0.6) is 0 Å². The number of aryl methyl sites for hydroxylation is 3. The molecule has 1 atom stereocenters. The Morgan fingerprint density at radius 3 is 0.520 bits per heavy atom. The molecule has 3 rings (SSSR count). The Morgan fingerprint density at radius 1 is 0.220 bits per heavy atom. The molecular weight excluding hydrogens is 1620 g/mol. The predicted molar refractivity (Wildman–Crippen MR) is 561 cm³/mol.